The van der Waals surface area contributed by atoms with Crippen LogP contribution in [0.5, 0.6) is 11.5 Å². The SMILES string of the molecule is COc1cc(OC)cc(C2SCCN2C(=O)c2ccc(C(C)(C)C)cc2)c1. The van der Waals surface area contributed by atoms with Crippen molar-refractivity contribution in [1.82, 2.24) is 4.90 Å². The van der Waals surface area contributed by atoms with Gasteiger partial charge in [0.05, 0.1) is 14.2 Å². The number of ether oxygens (including phenoxy) is 2. The Morgan fingerprint density at radius 2 is 1.63 bits per heavy atom. The second-order valence-corrected chi connectivity index (χ2v) is 8.88. The molecule has 0 aromatic heterocycles. The first-order chi connectivity index (χ1) is 12.8. The molecular formula is C22H27NO3S. The van der Waals surface area contributed by atoms with Gasteiger partial charge in [-0.15, -0.1) is 11.8 Å². The fourth-order valence-corrected chi connectivity index (χ4v) is 4.44. The normalized spacial score (nSPS) is 17.1. The van der Waals surface area contributed by atoms with Gasteiger partial charge in [0.15, 0.2) is 0 Å². The minimum Gasteiger partial charge on any atom is -0.497 e. The van der Waals surface area contributed by atoms with Crippen molar-refractivity contribution in [3.63, 3.8) is 0 Å². The van der Waals surface area contributed by atoms with E-state index in [1.165, 1.54) is 5.56 Å². The van der Waals surface area contributed by atoms with Gasteiger partial charge in [-0.3, -0.25) is 4.79 Å². The lowest BCUT2D eigenvalue weighted by Gasteiger charge is -2.25. The molecule has 5 heteroatoms. The smallest absolute Gasteiger partial charge is 0.255 e. The summed E-state index contributed by atoms with van der Waals surface area (Å²) in [6, 6.07) is 13.8. The first kappa shape index (κ1) is 19.6. The maximum absolute atomic E-state index is 13.2. The number of rotatable bonds is 4. The maximum atomic E-state index is 13.2. The number of benzene rings is 2. The number of carbonyl (C=O) groups excluding carboxylic acids is 1. The molecule has 0 radical (unpaired) electrons. The van der Waals surface area contributed by atoms with Gasteiger partial charge in [0.25, 0.3) is 5.91 Å². The van der Waals surface area contributed by atoms with Crippen LogP contribution in [-0.4, -0.2) is 37.3 Å². The summed E-state index contributed by atoms with van der Waals surface area (Å²) in [6.07, 6.45) is 0. The second-order valence-electron chi connectivity index (χ2n) is 7.70. The van der Waals surface area contributed by atoms with E-state index in [0.29, 0.717) is 0 Å². The summed E-state index contributed by atoms with van der Waals surface area (Å²) in [7, 11) is 3.28. The molecule has 0 spiro atoms. The van der Waals surface area contributed by atoms with E-state index in [-0.39, 0.29) is 16.7 Å². The lowest BCUT2D eigenvalue weighted by Crippen LogP contribution is -2.30. The van der Waals surface area contributed by atoms with E-state index in [1.807, 2.05) is 35.2 Å². The lowest BCUT2D eigenvalue weighted by atomic mass is 9.86. The molecule has 144 valence electrons. The van der Waals surface area contributed by atoms with Crippen molar-refractivity contribution >= 4 is 17.7 Å². The van der Waals surface area contributed by atoms with Crippen molar-refractivity contribution < 1.29 is 14.3 Å². The minimum absolute atomic E-state index is 0.0382. The molecule has 1 fully saturated rings. The van der Waals surface area contributed by atoms with Crippen molar-refractivity contribution in [3.05, 3.63) is 59.2 Å². The van der Waals surface area contributed by atoms with Crippen LogP contribution in [-0.2, 0) is 5.41 Å². The van der Waals surface area contributed by atoms with Crippen LogP contribution < -0.4 is 9.47 Å². The van der Waals surface area contributed by atoms with Gasteiger partial charge in [-0.25, -0.2) is 0 Å². The van der Waals surface area contributed by atoms with E-state index >= 15 is 0 Å². The number of nitrogens with zero attached hydrogens (tertiary/aromatic N) is 1. The molecule has 1 unspecified atom stereocenters. The van der Waals surface area contributed by atoms with E-state index in [1.54, 1.807) is 26.0 Å². The molecule has 27 heavy (non-hydrogen) atoms. The van der Waals surface area contributed by atoms with E-state index in [9.17, 15) is 4.79 Å². The molecular weight excluding hydrogens is 358 g/mol. The summed E-state index contributed by atoms with van der Waals surface area (Å²) in [6.45, 7) is 7.25. The molecule has 1 heterocycles. The van der Waals surface area contributed by atoms with Crippen LogP contribution in [0, 0.1) is 0 Å². The Morgan fingerprint density at radius 1 is 1.04 bits per heavy atom. The highest BCUT2D eigenvalue weighted by Gasteiger charge is 2.32. The molecule has 1 saturated heterocycles. The Balaban J connectivity index is 1.87. The van der Waals surface area contributed by atoms with Gasteiger partial charge >= 0.3 is 0 Å². The number of carbonyl (C=O) groups is 1. The minimum atomic E-state index is -0.0382. The highest BCUT2D eigenvalue weighted by molar-refractivity contribution is 7.99. The average molecular weight is 386 g/mol. The Bertz CT molecular complexity index is 789. The third kappa shape index (κ3) is 4.24. The van der Waals surface area contributed by atoms with E-state index in [2.05, 4.69) is 32.9 Å². The van der Waals surface area contributed by atoms with Crippen LogP contribution in [0.3, 0.4) is 0 Å². The Labute approximate surface area is 165 Å². The highest BCUT2D eigenvalue weighted by atomic mass is 32.2. The molecule has 0 aliphatic carbocycles. The van der Waals surface area contributed by atoms with Gasteiger partial charge in [0.1, 0.15) is 16.9 Å². The Morgan fingerprint density at radius 3 is 2.15 bits per heavy atom. The van der Waals surface area contributed by atoms with E-state index in [0.717, 1.165) is 34.9 Å². The summed E-state index contributed by atoms with van der Waals surface area (Å²) in [4.78, 5) is 15.1. The van der Waals surface area contributed by atoms with Crippen LogP contribution in [0.2, 0.25) is 0 Å². The van der Waals surface area contributed by atoms with Crippen molar-refractivity contribution in [3.8, 4) is 11.5 Å². The third-order valence-corrected chi connectivity index (χ3v) is 6.07. The Hall–Kier alpha value is -2.14. The Kier molecular flexibility index (Phi) is 5.70. The largest absolute Gasteiger partial charge is 0.497 e. The van der Waals surface area contributed by atoms with Gasteiger partial charge in [0.2, 0.25) is 0 Å². The number of amides is 1. The molecule has 0 saturated carbocycles. The quantitative estimate of drug-likeness (QED) is 0.751. The summed E-state index contributed by atoms with van der Waals surface area (Å²) < 4.78 is 10.8. The zero-order chi connectivity index (χ0) is 19.6. The van der Waals surface area contributed by atoms with Crippen molar-refractivity contribution in [2.75, 3.05) is 26.5 Å². The van der Waals surface area contributed by atoms with Crippen LogP contribution in [0.15, 0.2) is 42.5 Å². The summed E-state index contributed by atoms with van der Waals surface area (Å²) in [5.41, 5.74) is 3.05. The van der Waals surface area contributed by atoms with Crippen molar-refractivity contribution in [2.24, 2.45) is 0 Å². The molecule has 4 nitrogen and oxygen atoms in total. The number of hydrogen-bond acceptors (Lipinski definition) is 4. The topological polar surface area (TPSA) is 38.8 Å². The second kappa shape index (κ2) is 7.85. The van der Waals surface area contributed by atoms with Gasteiger partial charge in [-0.1, -0.05) is 32.9 Å². The predicted molar refractivity (Wildman–Crippen MR) is 111 cm³/mol. The fraction of sp³-hybridized carbons (Fsp3) is 0.409. The number of thioether (sulfide) groups is 1. The van der Waals surface area contributed by atoms with E-state index in [4.69, 9.17) is 9.47 Å². The van der Waals surface area contributed by atoms with Crippen molar-refractivity contribution in [1.29, 1.82) is 0 Å². The number of hydrogen-bond donors (Lipinski definition) is 0. The summed E-state index contributed by atoms with van der Waals surface area (Å²) >= 11 is 1.77. The van der Waals surface area contributed by atoms with Crippen LogP contribution >= 0.6 is 11.8 Å². The van der Waals surface area contributed by atoms with Crippen LogP contribution in [0.25, 0.3) is 0 Å². The molecule has 1 amide bonds. The first-order valence-electron chi connectivity index (χ1n) is 9.09. The van der Waals surface area contributed by atoms with Crippen molar-refractivity contribution in [2.45, 2.75) is 31.6 Å². The molecule has 1 aliphatic heterocycles. The molecule has 2 aromatic rings. The van der Waals surface area contributed by atoms with Gasteiger partial charge in [-0.2, -0.15) is 0 Å². The van der Waals surface area contributed by atoms with Gasteiger partial charge in [0, 0.05) is 23.9 Å². The lowest BCUT2D eigenvalue weighted by molar-refractivity contribution is 0.0760. The number of methoxy groups -OCH3 is 2. The summed E-state index contributed by atoms with van der Waals surface area (Å²) in [5.74, 6) is 2.44. The third-order valence-electron chi connectivity index (χ3n) is 4.81. The zero-order valence-electron chi connectivity index (χ0n) is 16.6. The van der Waals surface area contributed by atoms with Crippen LogP contribution in [0.4, 0.5) is 0 Å². The maximum Gasteiger partial charge on any atom is 0.255 e. The molecule has 0 N–H and O–H groups in total. The van der Waals surface area contributed by atoms with Crippen LogP contribution in [0.1, 0.15) is 47.6 Å². The standard InChI is InChI=1S/C22H27NO3S/c1-22(2,3)17-8-6-15(7-9-17)20(24)23-10-11-27-21(23)16-12-18(25-4)14-19(13-16)26-5/h6-9,12-14,21H,10-11H2,1-5H3. The molecule has 1 aliphatic rings. The molecule has 1 atom stereocenters. The van der Waals surface area contributed by atoms with Gasteiger partial charge < -0.3 is 14.4 Å². The zero-order valence-corrected chi connectivity index (χ0v) is 17.4. The first-order valence-corrected chi connectivity index (χ1v) is 10.1. The highest BCUT2D eigenvalue weighted by Crippen LogP contribution is 2.41. The fourth-order valence-electron chi connectivity index (χ4n) is 3.20. The molecule has 3 rings (SSSR count). The molecule has 0 bridgehead atoms. The summed E-state index contributed by atoms with van der Waals surface area (Å²) in [5, 5.41) is -0.0382. The predicted octanol–water partition coefficient (Wildman–Crippen LogP) is 4.89. The van der Waals surface area contributed by atoms with E-state index < -0.39 is 0 Å². The van der Waals surface area contributed by atoms with Gasteiger partial charge in [-0.05, 0) is 40.8 Å². The average Bonchev–Trinajstić information content (AvgIpc) is 3.16. The monoisotopic (exact) mass is 385 g/mol. The molecule has 2 aromatic carbocycles.